The van der Waals surface area contributed by atoms with Crippen molar-refractivity contribution < 1.29 is 19.8 Å². The van der Waals surface area contributed by atoms with Crippen molar-refractivity contribution in [3.8, 4) is 5.75 Å². The van der Waals surface area contributed by atoms with Gasteiger partial charge in [-0.3, -0.25) is 9.59 Å². The molecule has 154 valence electrons. The quantitative estimate of drug-likeness (QED) is 0.297. The monoisotopic (exact) mass is 531 g/mol. The van der Waals surface area contributed by atoms with Gasteiger partial charge in [-0.1, -0.05) is 31.7 Å². The molecule has 0 unspecified atom stereocenters. The minimum atomic E-state index is -0.382. The van der Waals surface area contributed by atoms with Gasteiger partial charge in [0.25, 0.3) is 0 Å². The summed E-state index contributed by atoms with van der Waals surface area (Å²) < 4.78 is 1.46. The van der Waals surface area contributed by atoms with Gasteiger partial charge in [-0.25, -0.2) is 0 Å². The number of nitrogens with one attached hydrogen (secondary N) is 1. The van der Waals surface area contributed by atoms with E-state index in [2.05, 4.69) is 37.2 Å². The van der Waals surface area contributed by atoms with Gasteiger partial charge in [-0.2, -0.15) is 0 Å². The predicted molar refractivity (Wildman–Crippen MR) is 124 cm³/mol. The highest BCUT2D eigenvalue weighted by molar-refractivity contribution is 9.11. The normalized spacial score (nSPS) is 12.1. The number of ketones is 2. The van der Waals surface area contributed by atoms with Crippen LogP contribution in [0.5, 0.6) is 5.75 Å². The Morgan fingerprint density at radius 1 is 0.867 bits per heavy atom. The molecule has 0 amide bonds. The second kappa shape index (κ2) is 8.71. The summed E-state index contributed by atoms with van der Waals surface area (Å²) in [5.74, 6) is -0.930. The first-order chi connectivity index (χ1) is 13.9. The summed E-state index contributed by atoms with van der Waals surface area (Å²) >= 11 is 7.03. The third-order valence-corrected chi connectivity index (χ3v) is 6.07. The van der Waals surface area contributed by atoms with E-state index in [1.807, 2.05) is 12.1 Å². The van der Waals surface area contributed by atoms with Crippen LogP contribution in [0.3, 0.4) is 0 Å². The molecule has 0 atom stereocenters. The topological polar surface area (TPSA) is 86.6 Å². The van der Waals surface area contributed by atoms with Crippen molar-refractivity contribution in [1.82, 2.24) is 0 Å². The van der Waals surface area contributed by atoms with Crippen molar-refractivity contribution in [3.05, 3.63) is 85.3 Å². The molecule has 0 aromatic heterocycles. The van der Waals surface area contributed by atoms with E-state index in [0.29, 0.717) is 23.4 Å². The van der Waals surface area contributed by atoms with Crippen LogP contribution in [0.15, 0.2) is 57.5 Å². The smallest absolute Gasteiger partial charge is 0.198 e. The summed E-state index contributed by atoms with van der Waals surface area (Å²) in [6.07, 6.45) is 0.510. The number of phenols is 1. The highest BCUT2D eigenvalue weighted by Gasteiger charge is 2.34. The molecule has 0 spiro atoms. The largest absolute Gasteiger partial charge is 0.507 e. The first-order valence-corrected chi connectivity index (χ1v) is 10.4. The fourth-order valence-electron chi connectivity index (χ4n) is 3.46. The molecule has 1 aliphatic carbocycles. The van der Waals surface area contributed by atoms with Crippen LogP contribution in [0.1, 0.15) is 44.8 Å². The fraction of sp³-hybridized carbons (Fsp3) is 0.130. The number of rotatable bonds is 4. The maximum absolute atomic E-state index is 13.2. The van der Waals surface area contributed by atoms with E-state index in [0.717, 1.165) is 14.5 Å². The van der Waals surface area contributed by atoms with Crippen molar-refractivity contribution in [2.75, 3.05) is 11.9 Å². The summed E-state index contributed by atoms with van der Waals surface area (Å²) in [6.45, 7) is 0.0349. The summed E-state index contributed by atoms with van der Waals surface area (Å²) in [4.78, 5) is 26.1. The number of hydrogen-bond acceptors (Lipinski definition) is 5. The van der Waals surface area contributed by atoms with Crippen LogP contribution in [-0.2, 0) is 6.42 Å². The standard InChI is InChI=1S/C22H15Br2NO4.CH4/c23-14-9-11(7-8-26)10-15(24)20(14)25-16-5-6-17(27)19-18(16)21(28)12-3-1-2-4-13(12)22(19)29;/h1-6,9-10,25-27H,7-8H2;1H4. The number of aromatic hydroxyl groups is 1. The average Bonchev–Trinajstić information content (AvgIpc) is 2.70. The van der Waals surface area contributed by atoms with Crippen LogP contribution < -0.4 is 5.32 Å². The molecule has 3 N–H and O–H groups in total. The van der Waals surface area contributed by atoms with Crippen LogP contribution in [-0.4, -0.2) is 28.4 Å². The molecule has 0 saturated carbocycles. The molecule has 0 aliphatic heterocycles. The van der Waals surface area contributed by atoms with Crippen molar-refractivity contribution in [2.24, 2.45) is 0 Å². The SMILES string of the molecule is C.O=C1c2ccccc2C(=O)c2c(Nc3c(Br)cc(CCO)cc3Br)ccc(O)c21. The Balaban J connectivity index is 0.00000256. The molecule has 5 nitrogen and oxygen atoms in total. The fourth-order valence-corrected chi connectivity index (χ4v) is 4.94. The van der Waals surface area contributed by atoms with Gasteiger partial charge in [0.2, 0.25) is 0 Å². The zero-order valence-electron chi connectivity index (χ0n) is 15.0. The summed E-state index contributed by atoms with van der Waals surface area (Å²) in [6, 6.07) is 13.3. The molecule has 1 aliphatic rings. The molecule has 0 heterocycles. The number of fused-ring (bicyclic) bond motifs is 2. The zero-order chi connectivity index (χ0) is 20.7. The van der Waals surface area contributed by atoms with Crippen LogP contribution in [0.25, 0.3) is 0 Å². The van der Waals surface area contributed by atoms with Crippen LogP contribution >= 0.6 is 31.9 Å². The van der Waals surface area contributed by atoms with Crippen molar-refractivity contribution in [3.63, 3.8) is 0 Å². The lowest BCUT2D eigenvalue weighted by atomic mass is 9.82. The lowest BCUT2D eigenvalue weighted by Gasteiger charge is -2.22. The van der Waals surface area contributed by atoms with E-state index in [4.69, 9.17) is 5.11 Å². The Morgan fingerprint density at radius 2 is 1.43 bits per heavy atom. The molecule has 7 heteroatoms. The van der Waals surface area contributed by atoms with Gasteiger partial charge in [0.1, 0.15) is 5.75 Å². The van der Waals surface area contributed by atoms with E-state index in [-0.39, 0.29) is 48.0 Å². The number of benzene rings is 3. The highest BCUT2D eigenvalue weighted by Crippen LogP contribution is 2.41. The Hall–Kier alpha value is -2.48. The van der Waals surface area contributed by atoms with E-state index in [1.165, 1.54) is 6.07 Å². The number of aliphatic hydroxyl groups is 1. The number of carbonyl (C=O) groups is 2. The third kappa shape index (κ3) is 3.69. The van der Waals surface area contributed by atoms with Crippen molar-refractivity contribution >= 4 is 54.8 Å². The molecular weight excluding hydrogens is 514 g/mol. The Kier molecular flexibility index (Phi) is 6.45. The molecule has 3 aromatic rings. The molecule has 0 saturated heterocycles. The maximum Gasteiger partial charge on any atom is 0.198 e. The number of hydrogen-bond donors (Lipinski definition) is 3. The van der Waals surface area contributed by atoms with Gasteiger partial charge < -0.3 is 15.5 Å². The summed E-state index contributed by atoms with van der Waals surface area (Å²) in [5.41, 5.74) is 2.77. The predicted octanol–water partition coefficient (Wildman–Crippen LogP) is 5.61. The lowest BCUT2D eigenvalue weighted by molar-refractivity contribution is 0.0977. The second-order valence-corrected chi connectivity index (χ2v) is 8.33. The van der Waals surface area contributed by atoms with Gasteiger partial charge in [-0.15, -0.1) is 0 Å². The van der Waals surface area contributed by atoms with E-state index in [9.17, 15) is 14.7 Å². The number of anilines is 2. The van der Waals surface area contributed by atoms with Gasteiger partial charge >= 0.3 is 0 Å². The minimum Gasteiger partial charge on any atom is -0.507 e. The number of carbonyl (C=O) groups excluding carboxylic acids is 2. The Bertz CT molecular complexity index is 1150. The molecule has 0 radical (unpaired) electrons. The Labute approximate surface area is 191 Å². The van der Waals surface area contributed by atoms with Gasteiger partial charge in [0, 0.05) is 26.7 Å². The lowest BCUT2D eigenvalue weighted by Crippen LogP contribution is -2.22. The van der Waals surface area contributed by atoms with E-state index in [1.54, 1.807) is 30.3 Å². The molecule has 30 heavy (non-hydrogen) atoms. The molecule has 4 rings (SSSR count). The average molecular weight is 533 g/mol. The first-order valence-electron chi connectivity index (χ1n) is 8.82. The van der Waals surface area contributed by atoms with Crippen LogP contribution in [0, 0.1) is 0 Å². The van der Waals surface area contributed by atoms with Gasteiger partial charge in [0.15, 0.2) is 11.6 Å². The number of halogens is 2. The van der Waals surface area contributed by atoms with E-state index >= 15 is 0 Å². The molecule has 0 bridgehead atoms. The number of aliphatic hydroxyl groups excluding tert-OH is 1. The minimum absolute atomic E-state index is 0. The highest BCUT2D eigenvalue weighted by atomic mass is 79.9. The summed E-state index contributed by atoms with van der Waals surface area (Å²) in [7, 11) is 0. The molecule has 3 aromatic carbocycles. The first kappa shape index (κ1) is 22.2. The van der Waals surface area contributed by atoms with Gasteiger partial charge in [0.05, 0.1) is 22.5 Å². The second-order valence-electron chi connectivity index (χ2n) is 6.62. The third-order valence-electron chi connectivity index (χ3n) is 4.82. The van der Waals surface area contributed by atoms with Gasteiger partial charge in [-0.05, 0) is 68.1 Å². The Morgan fingerprint density at radius 3 is 2.00 bits per heavy atom. The van der Waals surface area contributed by atoms with Crippen LogP contribution in [0.2, 0.25) is 0 Å². The van der Waals surface area contributed by atoms with Crippen molar-refractivity contribution in [2.45, 2.75) is 13.8 Å². The van der Waals surface area contributed by atoms with Crippen LogP contribution in [0.4, 0.5) is 11.4 Å². The van der Waals surface area contributed by atoms with Crippen molar-refractivity contribution in [1.29, 1.82) is 0 Å². The molecular formula is C23H19Br2NO4. The summed E-state index contributed by atoms with van der Waals surface area (Å²) in [5, 5.41) is 22.7. The maximum atomic E-state index is 13.2. The molecule has 0 fully saturated rings. The number of phenolic OH excluding ortho intramolecular Hbond substituents is 1. The van der Waals surface area contributed by atoms with E-state index < -0.39 is 0 Å². The zero-order valence-corrected chi connectivity index (χ0v) is 18.2.